The Morgan fingerprint density at radius 3 is 2.77 bits per heavy atom. The van der Waals surface area contributed by atoms with Crippen LogP contribution in [0, 0.1) is 6.92 Å². The number of aromatic amines is 1. The van der Waals surface area contributed by atoms with E-state index < -0.39 is 0 Å². The minimum atomic E-state index is 0.0776. The van der Waals surface area contributed by atoms with Crippen LogP contribution in [0.15, 0.2) is 24.3 Å². The highest BCUT2D eigenvalue weighted by Crippen LogP contribution is 2.16. The molecule has 2 rings (SSSR count). The van der Waals surface area contributed by atoms with Crippen molar-refractivity contribution in [3.05, 3.63) is 35.5 Å². The van der Waals surface area contributed by atoms with Gasteiger partial charge < -0.3 is 4.98 Å². The number of rotatable bonds is 1. The van der Waals surface area contributed by atoms with Crippen LogP contribution in [-0.4, -0.2) is 10.8 Å². The van der Waals surface area contributed by atoms with Crippen molar-refractivity contribution in [2.75, 3.05) is 0 Å². The molecule has 0 amide bonds. The SMILES string of the molecule is CC(=O)c1cc2ccc(C)cc2[nH]1. The van der Waals surface area contributed by atoms with Gasteiger partial charge in [-0.25, -0.2) is 0 Å². The first-order chi connectivity index (χ1) is 6.16. The van der Waals surface area contributed by atoms with E-state index in [0.717, 1.165) is 10.9 Å². The Hall–Kier alpha value is -1.57. The van der Waals surface area contributed by atoms with Crippen LogP contribution >= 0.6 is 0 Å². The number of benzene rings is 1. The van der Waals surface area contributed by atoms with Gasteiger partial charge in [0.15, 0.2) is 5.78 Å². The second-order valence-corrected chi connectivity index (χ2v) is 3.33. The van der Waals surface area contributed by atoms with E-state index >= 15 is 0 Å². The van der Waals surface area contributed by atoms with Crippen molar-refractivity contribution in [2.45, 2.75) is 13.8 Å². The minimum Gasteiger partial charge on any atom is -0.352 e. The molecule has 0 unspecified atom stereocenters. The number of hydrogen-bond acceptors (Lipinski definition) is 1. The molecule has 13 heavy (non-hydrogen) atoms. The van der Waals surface area contributed by atoms with Crippen LogP contribution in [0.5, 0.6) is 0 Å². The van der Waals surface area contributed by atoms with E-state index in [1.54, 1.807) is 6.92 Å². The maximum absolute atomic E-state index is 11.1. The lowest BCUT2D eigenvalue weighted by Gasteiger charge is -1.90. The van der Waals surface area contributed by atoms with Crippen LogP contribution in [-0.2, 0) is 0 Å². The third-order valence-electron chi connectivity index (χ3n) is 2.16. The average molecular weight is 173 g/mol. The molecule has 1 aromatic heterocycles. The molecule has 1 N–H and O–H groups in total. The van der Waals surface area contributed by atoms with Crippen molar-refractivity contribution in [1.82, 2.24) is 4.98 Å². The summed E-state index contributed by atoms with van der Waals surface area (Å²) in [6.07, 6.45) is 0. The van der Waals surface area contributed by atoms with E-state index in [2.05, 4.69) is 4.98 Å². The molecule has 2 heteroatoms. The second kappa shape index (κ2) is 2.73. The van der Waals surface area contributed by atoms with Crippen LogP contribution < -0.4 is 0 Å². The van der Waals surface area contributed by atoms with Crippen LogP contribution in [0.3, 0.4) is 0 Å². The molecule has 1 heterocycles. The number of aromatic nitrogens is 1. The summed E-state index contributed by atoms with van der Waals surface area (Å²) >= 11 is 0. The summed E-state index contributed by atoms with van der Waals surface area (Å²) < 4.78 is 0. The molecule has 1 aromatic carbocycles. The largest absolute Gasteiger partial charge is 0.352 e. The van der Waals surface area contributed by atoms with Crippen molar-refractivity contribution in [3.8, 4) is 0 Å². The van der Waals surface area contributed by atoms with E-state index in [1.165, 1.54) is 5.56 Å². The number of H-pyrrole nitrogens is 1. The quantitative estimate of drug-likeness (QED) is 0.661. The summed E-state index contributed by atoms with van der Waals surface area (Å²) in [4.78, 5) is 14.2. The smallest absolute Gasteiger partial charge is 0.175 e. The topological polar surface area (TPSA) is 32.9 Å². The number of fused-ring (bicyclic) bond motifs is 1. The van der Waals surface area contributed by atoms with Gasteiger partial charge in [-0.3, -0.25) is 4.79 Å². The molecule has 0 saturated heterocycles. The maximum Gasteiger partial charge on any atom is 0.175 e. The zero-order valence-electron chi connectivity index (χ0n) is 7.72. The van der Waals surface area contributed by atoms with Crippen LogP contribution in [0.25, 0.3) is 10.9 Å². The number of carbonyl (C=O) groups is 1. The van der Waals surface area contributed by atoms with Gasteiger partial charge in [0.2, 0.25) is 0 Å². The zero-order valence-corrected chi connectivity index (χ0v) is 7.72. The van der Waals surface area contributed by atoms with E-state index in [0.29, 0.717) is 5.69 Å². The van der Waals surface area contributed by atoms with Gasteiger partial charge in [0, 0.05) is 17.8 Å². The Kier molecular flexibility index (Phi) is 1.69. The molecule has 0 aliphatic heterocycles. The number of carbonyl (C=O) groups excluding carboxylic acids is 1. The van der Waals surface area contributed by atoms with E-state index in [4.69, 9.17) is 0 Å². The van der Waals surface area contributed by atoms with Gasteiger partial charge in [0.05, 0.1) is 5.69 Å². The minimum absolute atomic E-state index is 0.0776. The number of Topliss-reactive ketones (excluding diaryl/α,β-unsaturated/α-hetero) is 1. The molecule has 0 spiro atoms. The summed E-state index contributed by atoms with van der Waals surface area (Å²) in [5, 5.41) is 1.09. The van der Waals surface area contributed by atoms with Crippen molar-refractivity contribution >= 4 is 16.7 Å². The van der Waals surface area contributed by atoms with Crippen molar-refractivity contribution < 1.29 is 4.79 Å². The molecular weight excluding hydrogens is 162 g/mol. The highest BCUT2D eigenvalue weighted by Gasteiger charge is 2.03. The molecule has 0 radical (unpaired) electrons. The normalized spacial score (nSPS) is 10.6. The van der Waals surface area contributed by atoms with E-state index in [9.17, 15) is 4.79 Å². The Morgan fingerprint density at radius 1 is 1.31 bits per heavy atom. The molecular formula is C11H11NO. The average Bonchev–Trinajstić information content (AvgIpc) is 2.46. The summed E-state index contributed by atoms with van der Waals surface area (Å²) in [7, 11) is 0. The first-order valence-electron chi connectivity index (χ1n) is 4.27. The fraction of sp³-hybridized carbons (Fsp3) is 0.182. The summed E-state index contributed by atoms with van der Waals surface area (Å²) in [6, 6.07) is 7.99. The predicted octanol–water partition coefficient (Wildman–Crippen LogP) is 2.68. The van der Waals surface area contributed by atoms with Crippen molar-refractivity contribution in [2.24, 2.45) is 0 Å². The van der Waals surface area contributed by atoms with Gasteiger partial charge in [-0.2, -0.15) is 0 Å². The highest BCUT2D eigenvalue weighted by atomic mass is 16.1. The first-order valence-corrected chi connectivity index (χ1v) is 4.27. The van der Waals surface area contributed by atoms with Gasteiger partial charge in [-0.15, -0.1) is 0 Å². The van der Waals surface area contributed by atoms with Crippen LogP contribution in [0.2, 0.25) is 0 Å². The molecule has 0 fully saturated rings. The Morgan fingerprint density at radius 2 is 2.08 bits per heavy atom. The molecule has 0 atom stereocenters. The lowest BCUT2D eigenvalue weighted by molar-refractivity contribution is 0.101. The van der Waals surface area contributed by atoms with Gasteiger partial charge in [-0.05, 0) is 24.6 Å². The fourth-order valence-corrected chi connectivity index (χ4v) is 1.43. The third-order valence-corrected chi connectivity index (χ3v) is 2.16. The number of hydrogen-bond donors (Lipinski definition) is 1. The number of ketones is 1. The van der Waals surface area contributed by atoms with E-state index in [1.807, 2.05) is 31.2 Å². The number of aryl methyl sites for hydroxylation is 1. The third kappa shape index (κ3) is 1.35. The van der Waals surface area contributed by atoms with Gasteiger partial charge >= 0.3 is 0 Å². The maximum atomic E-state index is 11.1. The first kappa shape index (κ1) is 8.05. The summed E-state index contributed by atoms with van der Waals surface area (Å²) in [6.45, 7) is 3.60. The van der Waals surface area contributed by atoms with Crippen LogP contribution in [0.1, 0.15) is 23.0 Å². The van der Waals surface area contributed by atoms with Gasteiger partial charge in [0.1, 0.15) is 0 Å². The molecule has 0 saturated carbocycles. The Labute approximate surface area is 76.6 Å². The Balaban J connectivity index is 2.68. The van der Waals surface area contributed by atoms with Gasteiger partial charge in [-0.1, -0.05) is 12.1 Å². The molecule has 0 aliphatic carbocycles. The lowest BCUT2D eigenvalue weighted by Crippen LogP contribution is -1.89. The van der Waals surface area contributed by atoms with Crippen molar-refractivity contribution in [1.29, 1.82) is 0 Å². The molecule has 0 bridgehead atoms. The summed E-state index contributed by atoms with van der Waals surface area (Å²) in [5.74, 6) is 0.0776. The van der Waals surface area contributed by atoms with Crippen LogP contribution in [0.4, 0.5) is 0 Å². The zero-order chi connectivity index (χ0) is 9.42. The fourth-order valence-electron chi connectivity index (χ4n) is 1.43. The number of nitrogens with one attached hydrogen (secondary N) is 1. The molecule has 2 nitrogen and oxygen atoms in total. The standard InChI is InChI=1S/C11H11NO/c1-7-3-4-9-6-10(8(2)13)12-11(9)5-7/h3-6,12H,1-2H3. The molecule has 0 aliphatic rings. The highest BCUT2D eigenvalue weighted by molar-refractivity contribution is 5.97. The molecule has 2 aromatic rings. The predicted molar refractivity (Wildman–Crippen MR) is 53.0 cm³/mol. The molecule has 66 valence electrons. The van der Waals surface area contributed by atoms with Gasteiger partial charge in [0.25, 0.3) is 0 Å². The Bertz CT molecular complexity index is 468. The van der Waals surface area contributed by atoms with Crippen molar-refractivity contribution in [3.63, 3.8) is 0 Å². The lowest BCUT2D eigenvalue weighted by atomic mass is 10.2. The second-order valence-electron chi connectivity index (χ2n) is 3.33. The summed E-state index contributed by atoms with van der Waals surface area (Å²) in [5.41, 5.74) is 2.91. The monoisotopic (exact) mass is 173 g/mol. The van der Waals surface area contributed by atoms with E-state index in [-0.39, 0.29) is 5.78 Å².